The maximum absolute atomic E-state index is 7.01. The molecule has 0 aliphatic carbocycles. The first kappa shape index (κ1) is 39.9. The van der Waals surface area contributed by atoms with Crippen molar-refractivity contribution in [3.63, 3.8) is 0 Å². The predicted molar refractivity (Wildman–Crippen MR) is 294 cm³/mol. The van der Waals surface area contributed by atoms with E-state index in [2.05, 4.69) is 240 Å². The molecule has 4 aliphatic rings. The van der Waals surface area contributed by atoms with Crippen LogP contribution in [0.4, 0.5) is 34.1 Å². The Labute approximate surface area is 415 Å². The summed E-state index contributed by atoms with van der Waals surface area (Å²) in [7, 11) is 0. The lowest BCUT2D eigenvalue weighted by Crippen LogP contribution is -2.64. The Bertz CT molecular complexity index is 3960. The zero-order chi connectivity index (χ0) is 45.9. The minimum Gasteiger partial charge on any atom is -0.457 e. The second kappa shape index (κ2) is 15.8. The van der Waals surface area contributed by atoms with Gasteiger partial charge in [-0.05, 0) is 122 Å². The van der Waals surface area contributed by atoms with Crippen molar-refractivity contribution in [2.24, 2.45) is 0 Å². The van der Waals surface area contributed by atoms with Crippen LogP contribution >= 0.6 is 23.5 Å². The summed E-state index contributed by atoms with van der Waals surface area (Å²) in [6.45, 7) is -0.0184. The third kappa shape index (κ3) is 6.30. The van der Waals surface area contributed by atoms with Crippen LogP contribution in [0.25, 0.3) is 21.5 Å². The fourth-order valence-electron chi connectivity index (χ4n) is 11.4. The van der Waals surface area contributed by atoms with Crippen LogP contribution < -0.4 is 52.1 Å². The molecule has 326 valence electrons. The Morgan fingerprint density at radius 2 is 0.786 bits per heavy atom. The van der Waals surface area contributed by atoms with E-state index < -0.39 is 0 Å². The fourth-order valence-corrected chi connectivity index (χ4v) is 13.9. The Morgan fingerprint density at radius 3 is 1.43 bits per heavy atom. The van der Waals surface area contributed by atoms with Crippen molar-refractivity contribution in [3.8, 4) is 23.0 Å². The van der Waals surface area contributed by atoms with Crippen LogP contribution in [0.1, 0.15) is 0 Å². The van der Waals surface area contributed by atoms with Gasteiger partial charge in [0.2, 0.25) is 6.71 Å². The molecule has 0 saturated carbocycles. The summed E-state index contributed by atoms with van der Waals surface area (Å²) >= 11 is 3.72. The topological polar surface area (TPSA) is 24.9 Å². The zero-order valence-electron chi connectivity index (χ0n) is 37.6. The van der Waals surface area contributed by atoms with Crippen LogP contribution in [0, 0.1) is 0 Å². The highest BCUT2D eigenvalue weighted by atomic mass is 32.2. The van der Waals surface area contributed by atoms with E-state index in [1.54, 1.807) is 0 Å². The number of rotatable bonds is 6. The van der Waals surface area contributed by atoms with Crippen molar-refractivity contribution >= 4 is 125 Å². The maximum atomic E-state index is 7.01. The molecule has 4 nitrogen and oxygen atoms in total. The minimum absolute atomic E-state index is 0.0437. The summed E-state index contributed by atoms with van der Waals surface area (Å²) in [6, 6.07) is 83.4. The number of ether oxygens (including phenoxy) is 2. The van der Waals surface area contributed by atoms with Gasteiger partial charge in [-0.15, -0.1) is 0 Å². The maximum Gasteiger partial charge on any atom is 0.252 e. The normalized spacial score (nSPS) is 13.5. The van der Waals surface area contributed by atoms with Crippen LogP contribution in [-0.2, 0) is 0 Å². The first-order chi connectivity index (χ1) is 34.7. The summed E-state index contributed by atoms with van der Waals surface area (Å²) in [6.07, 6.45) is 0. The molecule has 11 aromatic carbocycles. The molecule has 0 radical (unpaired) electrons. The van der Waals surface area contributed by atoms with Gasteiger partial charge in [-0.2, -0.15) is 0 Å². The molecular weight excluding hydrogens is 890 g/mol. The lowest BCUT2D eigenvalue weighted by molar-refractivity contribution is 0.481. The molecule has 0 unspecified atom stereocenters. The standard InChI is InChI=1S/C62H38B2N2O2S2/c1-3-19-43(20-4-1)65-53-25-13-11-23-49(53)63-51-37-52-58(70-60-36-48(68-46-30-28-40-16-8-10-18-42(40)32-46)35-59-62(60)64(52)50-24-12-14-26-57(50)69-59)38-54(51)66(44-21-5-2-6-22-44)56-34-47(33-55(65)61(56)63)67-45-29-27-39-15-7-9-17-41(39)31-45/h1-38H. The SMILES string of the molecule is c1ccc(N2c3ccccc3B3c4cc5c(cc4N(c4ccccc4)c4cc(Oc6ccc7ccccc7c6)cc2c43)Sc2cc(Oc3ccc4ccccc4c3)cc3c2B5c2ccccc2S3)cc1. The molecule has 15 rings (SSSR count). The molecule has 0 spiro atoms. The van der Waals surface area contributed by atoms with Crippen LogP contribution in [0.5, 0.6) is 23.0 Å². The van der Waals surface area contributed by atoms with Gasteiger partial charge >= 0.3 is 0 Å². The molecule has 4 heterocycles. The minimum atomic E-state index is -0.0621. The van der Waals surface area contributed by atoms with Gasteiger partial charge in [-0.3, -0.25) is 0 Å². The van der Waals surface area contributed by atoms with Crippen LogP contribution in [0.2, 0.25) is 0 Å². The van der Waals surface area contributed by atoms with Crippen molar-refractivity contribution in [1.29, 1.82) is 0 Å². The Hall–Kier alpha value is -8.03. The first-order valence-corrected chi connectivity index (χ1v) is 25.4. The summed E-state index contributed by atoms with van der Waals surface area (Å²) in [5.41, 5.74) is 14.6. The lowest BCUT2D eigenvalue weighted by Gasteiger charge is -2.45. The molecule has 8 heteroatoms. The molecule has 0 saturated heterocycles. The number of nitrogens with zero attached hydrogens (tertiary/aromatic N) is 2. The monoisotopic (exact) mass is 928 g/mol. The second-order valence-electron chi connectivity index (χ2n) is 18.4. The zero-order valence-corrected chi connectivity index (χ0v) is 39.3. The van der Waals surface area contributed by atoms with E-state index in [-0.39, 0.29) is 13.4 Å². The van der Waals surface area contributed by atoms with Gasteiger partial charge in [0.15, 0.2) is 0 Å². The predicted octanol–water partition coefficient (Wildman–Crippen LogP) is 13.1. The summed E-state index contributed by atoms with van der Waals surface area (Å²) in [5, 5.41) is 4.68. The lowest BCUT2D eigenvalue weighted by atomic mass is 9.31. The van der Waals surface area contributed by atoms with E-state index in [4.69, 9.17) is 9.47 Å². The highest BCUT2D eigenvalue weighted by Gasteiger charge is 2.46. The van der Waals surface area contributed by atoms with Crippen molar-refractivity contribution in [3.05, 3.63) is 231 Å². The van der Waals surface area contributed by atoms with E-state index in [9.17, 15) is 0 Å². The van der Waals surface area contributed by atoms with Gasteiger partial charge in [0.25, 0.3) is 6.71 Å². The van der Waals surface area contributed by atoms with E-state index in [1.165, 1.54) is 63.1 Å². The molecular formula is C62H38B2N2O2S2. The average molecular weight is 929 g/mol. The van der Waals surface area contributed by atoms with Crippen molar-refractivity contribution in [2.75, 3.05) is 9.80 Å². The van der Waals surface area contributed by atoms with E-state index >= 15 is 0 Å². The summed E-state index contributed by atoms with van der Waals surface area (Å²) in [4.78, 5) is 9.92. The molecule has 11 aromatic rings. The third-order valence-electron chi connectivity index (χ3n) is 14.4. The summed E-state index contributed by atoms with van der Waals surface area (Å²) < 4.78 is 13.8. The van der Waals surface area contributed by atoms with Gasteiger partial charge in [-0.1, -0.05) is 174 Å². The van der Waals surface area contributed by atoms with Gasteiger partial charge in [0, 0.05) is 65.8 Å². The quantitative estimate of drug-likeness (QED) is 0.154. The number of benzene rings is 11. The van der Waals surface area contributed by atoms with Crippen LogP contribution in [0.15, 0.2) is 250 Å². The van der Waals surface area contributed by atoms with Gasteiger partial charge < -0.3 is 19.3 Å². The highest BCUT2D eigenvalue weighted by molar-refractivity contribution is 8.01. The third-order valence-corrected chi connectivity index (χ3v) is 16.6. The van der Waals surface area contributed by atoms with Gasteiger partial charge in [-0.25, -0.2) is 0 Å². The number of fused-ring (bicyclic) bond motifs is 10. The first-order valence-electron chi connectivity index (χ1n) is 23.8. The van der Waals surface area contributed by atoms with E-state index in [1.807, 2.05) is 23.5 Å². The van der Waals surface area contributed by atoms with E-state index in [0.717, 1.165) is 67.9 Å². The molecule has 0 fully saturated rings. The van der Waals surface area contributed by atoms with Crippen molar-refractivity contribution < 1.29 is 9.47 Å². The van der Waals surface area contributed by atoms with Crippen molar-refractivity contribution in [2.45, 2.75) is 19.6 Å². The molecule has 0 bridgehead atoms. The number of hydrogen-bond acceptors (Lipinski definition) is 6. The molecule has 0 aromatic heterocycles. The molecule has 0 amide bonds. The average Bonchev–Trinajstić information content (AvgIpc) is 3.40. The number of hydrogen-bond donors (Lipinski definition) is 0. The molecule has 70 heavy (non-hydrogen) atoms. The van der Waals surface area contributed by atoms with Crippen LogP contribution in [0.3, 0.4) is 0 Å². The summed E-state index contributed by atoms with van der Waals surface area (Å²) in [5.74, 6) is 3.25. The molecule has 0 atom stereocenters. The molecule has 4 aliphatic heterocycles. The second-order valence-corrected chi connectivity index (χ2v) is 20.6. The van der Waals surface area contributed by atoms with E-state index in [0.29, 0.717) is 0 Å². The van der Waals surface area contributed by atoms with Crippen LogP contribution in [-0.4, -0.2) is 13.4 Å². The fraction of sp³-hybridized carbons (Fsp3) is 0. The Balaban J connectivity index is 0.955. The number of para-hydroxylation sites is 3. The Morgan fingerprint density at radius 1 is 0.286 bits per heavy atom. The van der Waals surface area contributed by atoms with Gasteiger partial charge in [0.05, 0.1) is 0 Å². The Kier molecular flexibility index (Phi) is 8.98. The molecule has 0 N–H and O–H groups in total. The van der Waals surface area contributed by atoms with Crippen molar-refractivity contribution in [1.82, 2.24) is 0 Å². The highest BCUT2D eigenvalue weighted by Crippen LogP contribution is 2.49. The number of anilines is 6. The largest absolute Gasteiger partial charge is 0.457 e. The smallest absolute Gasteiger partial charge is 0.252 e. The van der Waals surface area contributed by atoms with Gasteiger partial charge in [0.1, 0.15) is 23.0 Å².